The molecule has 0 aromatic heterocycles. The number of carbonyl (C=O) groups is 1. The monoisotopic (exact) mass is 188 g/mol. The lowest BCUT2D eigenvalue weighted by Gasteiger charge is -2.07. The van der Waals surface area contributed by atoms with E-state index in [1.54, 1.807) is 19.1 Å². The lowest BCUT2D eigenvalue weighted by molar-refractivity contribution is -0.138. The molecule has 0 fully saturated rings. The molecule has 1 unspecified atom stereocenters. The first-order valence-corrected chi connectivity index (χ1v) is 4.44. The second-order valence-electron chi connectivity index (χ2n) is 3.04. The number of hydrogen-bond donors (Lipinski definition) is 0. The number of terminal acetylenes is 1. The number of ether oxygens (including phenoxy) is 1. The van der Waals surface area contributed by atoms with E-state index in [-0.39, 0.29) is 11.9 Å². The maximum Gasteiger partial charge on any atom is 0.315 e. The highest BCUT2D eigenvalue weighted by molar-refractivity contribution is 5.74. The van der Waals surface area contributed by atoms with Gasteiger partial charge in [-0.25, -0.2) is 0 Å². The van der Waals surface area contributed by atoms with Crippen molar-refractivity contribution in [3.05, 3.63) is 30.3 Å². The van der Waals surface area contributed by atoms with Crippen molar-refractivity contribution in [2.24, 2.45) is 5.92 Å². The smallest absolute Gasteiger partial charge is 0.315 e. The number of carbonyl (C=O) groups excluding carboxylic acids is 1. The summed E-state index contributed by atoms with van der Waals surface area (Å²) in [7, 11) is 0. The Hall–Kier alpha value is -1.75. The van der Waals surface area contributed by atoms with Crippen LogP contribution in [0.3, 0.4) is 0 Å². The van der Waals surface area contributed by atoms with Gasteiger partial charge < -0.3 is 4.74 Å². The number of esters is 1. The Morgan fingerprint density at radius 1 is 1.50 bits per heavy atom. The minimum atomic E-state index is -0.283. The second-order valence-corrected chi connectivity index (χ2v) is 3.04. The molecule has 0 aliphatic rings. The molecule has 0 radical (unpaired) electrons. The fraction of sp³-hybridized carbons (Fsp3) is 0.250. The Morgan fingerprint density at radius 2 is 2.14 bits per heavy atom. The molecule has 0 N–H and O–H groups in total. The van der Waals surface area contributed by atoms with Crippen molar-refractivity contribution in [3.63, 3.8) is 0 Å². The van der Waals surface area contributed by atoms with Crippen molar-refractivity contribution >= 4 is 5.97 Å². The van der Waals surface area contributed by atoms with Crippen LogP contribution < -0.4 is 4.74 Å². The molecule has 0 heterocycles. The summed E-state index contributed by atoms with van der Waals surface area (Å²) in [6.07, 6.45) is 5.51. The number of hydrogen-bond acceptors (Lipinski definition) is 2. The molecule has 1 aromatic rings. The van der Waals surface area contributed by atoms with Gasteiger partial charge in [0, 0.05) is 6.42 Å². The zero-order chi connectivity index (χ0) is 10.4. The molecule has 1 aromatic carbocycles. The van der Waals surface area contributed by atoms with Crippen LogP contribution in [0.25, 0.3) is 0 Å². The van der Waals surface area contributed by atoms with E-state index in [0.29, 0.717) is 12.2 Å². The largest absolute Gasteiger partial charge is 0.426 e. The van der Waals surface area contributed by atoms with E-state index in [2.05, 4.69) is 5.92 Å². The molecule has 1 rings (SSSR count). The zero-order valence-electron chi connectivity index (χ0n) is 8.07. The highest BCUT2D eigenvalue weighted by atomic mass is 16.5. The average Bonchev–Trinajstić information content (AvgIpc) is 2.19. The Balaban J connectivity index is 2.54. The molecule has 0 saturated carbocycles. The summed E-state index contributed by atoms with van der Waals surface area (Å²) in [5.74, 6) is 2.46. The highest BCUT2D eigenvalue weighted by Crippen LogP contribution is 2.12. The van der Waals surface area contributed by atoms with Gasteiger partial charge in [0.25, 0.3) is 0 Å². The Bertz CT molecular complexity index is 335. The van der Waals surface area contributed by atoms with Crippen LogP contribution in [0.5, 0.6) is 5.75 Å². The number of para-hydroxylation sites is 1. The van der Waals surface area contributed by atoms with Crippen LogP contribution in [0.1, 0.15) is 13.3 Å². The third kappa shape index (κ3) is 2.95. The van der Waals surface area contributed by atoms with Crippen LogP contribution in [0.4, 0.5) is 0 Å². The van der Waals surface area contributed by atoms with Gasteiger partial charge >= 0.3 is 5.97 Å². The topological polar surface area (TPSA) is 26.3 Å². The minimum Gasteiger partial charge on any atom is -0.426 e. The standard InChI is InChI=1S/C12H12O2/c1-3-7-10(2)12(13)14-11-8-5-4-6-9-11/h1,4-6,8-10H,7H2,2H3. The van der Waals surface area contributed by atoms with Gasteiger partial charge in [-0.15, -0.1) is 12.3 Å². The lowest BCUT2D eigenvalue weighted by Crippen LogP contribution is -2.17. The van der Waals surface area contributed by atoms with E-state index in [1.165, 1.54) is 0 Å². The van der Waals surface area contributed by atoms with Gasteiger partial charge in [0.1, 0.15) is 5.75 Å². The zero-order valence-corrected chi connectivity index (χ0v) is 8.07. The summed E-state index contributed by atoms with van der Waals surface area (Å²) in [4.78, 5) is 11.4. The minimum absolute atomic E-state index is 0.250. The van der Waals surface area contributed by atoms with E-state index in [4.69, 9.17) is 11.2 Å². The molecular weight excluding hydrogens is 176 g/mol. The molecule has 0 spiro atoms. The highest BCUT2D eigenvalue weighted by Gasteiger charge is 2.13. The van der Waals surface area contributed by atoms with Crippen molar-refractivity contribution in [2.75, 3.05) is 0 Å². The van der Waals surface area contributed by atoms with Gasteiger partial charge in [0.2, 0.25) is 0 Å². The van der Waals surface area contributed by atoms with E-state index in [1.807, 2.05) is 18.2 Å². The molecule has 0 aliphatic heterocycles. The number of rotatable bonds is 3. The third-order valence-corrected chi connectivity index (χ3v) is 1.79. The first kappa shape index (κ1) is 10.3. The average molecular weight is 188 g/mol. The second kappa shape index (κ2) is 5.08. The van der Waals surface area contributed by atoms with Crippen molar-refractivity contribution in [1.29, 1.82) is 0 Å². The molecule has 14 heavy (non-hydrogen) atoms. The van der Waals surface area contributed by atoms with Crippen molar-refractivity contribution in [3.8, 4) is 18.1 Å². The Labute approximate surface area is 83.9 Å². The van der Waals surface area contributed by atoms with Gasteiger partial charge in [-0.05, 0) is 12.1 Å². The maximum atomic E-state index is 11.4. The van der Waals surface area contributed by atoms with Crippen LogP contribution in [-0.2, 0) is 4.79 Å². The Morgan fingerprint density at radius 3 is 2.71 bits per heavy atom. The maximum absolute atomic E-state index is 11.4. The molecule has 1 atom stereocenters. The molecule has 2 nitrogen and oxygen atoms in total. The molecule has 72 valence electrons. The van der Waals surface area contributed by atoms with Crippen molar-refractivity contribution < 1.29 is 9.53 Å². The van der Waals surface area contributed by atoms with Crippen LogP contribution in [-0.4, -0.2) is 5.97 Å². The SMILES string of the molecule is C#CCC(C)C(=O)Oc1ccccc1. The van der Waals surface area contributed by atoms with Crippen LogP contribution >= 0.6 is 0 Å². The summed E-state index contributed by atoms with van der Waals surface area (Å²) >= 11 is 0. The van der Waals surface area contributed by atoms with Gasteiger partial charge in [-0.3, -0.25) is 4.79 Å². The summed E-state index contributed by atoms with van der Waals surface area (Å²) in [5, 5.41) is 0. The summed E-state index contributed by atoms with van der Waals surface area (Å²) in [6.45, 7) is 1.76. The predicted octanol–water partition coefficient (Wildman–Crippen LogP) is 2.25. The molecule has 0 amide bonds. The van der Waals surface area contributed by atoms with Gasteiger partial charge in [0.15, 0.2) is 0 Å². The number of benzene rings is 1. The molecule has 0 bridgehead atoms. The van der Waals surface area contributed by atoms with Crippen molar-refractivity contribution in [1.82, 2.24) is 0 Å². The summed E-state index contributed by atoms with van der Waals surface area (Å²) in [6, 6.07) is 8.96. The van der Waals surface area contributed by atoms with E-state index >= 15 is 0 Å². The summed E-state index contributed by atoms with van der Waals surface area (Å²) in [5.41, 5.74) is 0. The molecule has 2 heteroatoms. The first-order valence-electron chi connectivity index (χ1n) is 4.44. The molecule has 0 aliphatic carbocycles. The fourth-order valence-corrected chi connectivity index (χ4v) is 0.965. The normalized spacial score (nSPS) is 11.4. The van der Waals surface area contributed by atoms with E-state index < -0.39 is 0 Å². The van der Waals surface area contributed by atoms with Crippen LogP contribution in [0, 0.1) is 18.3 Å². The molecular formula is C12H12O2. The quantitative estimate of drug-likeness (QED) is 0.413. The molecule has 0 saturated heterocycles. The van der Waals surface area contributed by atoms with Crippen LogP contribution in [0.2, 0.25) is 0 Å². The van der Waals surface area contributed by atoms with Gasteiger partial charge in [-0.2, -0.15) is 0 Å². The first-order chi connectivity index (χ1) is 6.74. The lowest BCUT2D eigenvalue weighted by atomic mass is 10.1. The van der Waals surface area contributed by atoms with Gasteiger partial charge in [-0.1, -0.05) is 25.1 Å². The fourth-order valence-electron chi connectivity index (χ4n) is 0.965. The van der Waals surface area contributed by atoms with E-state index in [0.717, 1.165) is 0 Å². The van der Waals surface area contributed by atoms with Crippen LogP contribution in [0.15, 0.2) is 30.3 Å². The predicted molar refractivity (Wildman–Crippen MR) is 54.7 cm³/mol. The Kier molecular flexibility index (Phi) is 3.75. The van der Waals surface area contributed by atoms with E-state index in [9.17, 15) is 4.79 Å². The summed E-state index contributed by atoms with van der Waals surface area (Å²) < 4.78 is 5.09. The third-order valence-electron chi connectivity index (χ3n) is 1.79. The van der Waals surface area contributed by atoms with Crippen molar-refractivity contribution in [2.45, 2.75) is 13.3 Å². The van der Waals surface area contributed by atoms with Gasteiger partial charge in [0.05, 0.1) is 5.92 Å².